The van der Waals surface area contributed by atoms with Gasteiger partial charge in [0.05, 0.1) is 4.88 Å². The number of aryl methyl sites for hydroxylation is 1. The summed E-state index contributed by atoms with van der Waals surface area (Å²) in [6, 6.07) is 12.3. The number of nitrogens with one attached hydrogen (secondary N) is 1. The van der Waals surface area contributed by atoms with E-state index >= 15 is 0 Å². The molecule has 0 bridgehead atoms. The summed E-state index contributed by atoms with van der Waals surface area (Å²) < 4.78 is 5.64. The van der Waals surface area contributed by atoms with Crippen molar-refractivity contribution in [2.24, 2.45) is 0 Å². The molecule has 0 aliphatic carbocycles. The summed E-state index contributed by atoms with van der Waals surface area (Å²) >= 11 is 1.54. The highest BCUT2D eigenvalue weighted by atomic mass is 32.1. The highest BCUT2D eigenvalue weighted by Gasteiger charge is 2.18. The van der Waals surface area contributed by atoms with Gasteiger partial charge in [0, 0.05) is 25.3 Å². The Balaban J connectivity index is 1.39. The van der Waals surface area contributed by atoms with Crippen molar-refractivity contribution < 1.29 is 9.21 Å². The molecule has 3 heterocycles. The number of carbonyl (C=O) groups excluding carboxylic acids is 1. The van der Waals surface area contributed by atoms with Gasteiger partial charge in [-0.2, -0.15) is 0 Å². The third-order valence-electron chi connectivity index (χ3n) is 4.60. The fourth-order valence-corrected chi connectivity index (χ4v) is 3.83. The molecule has 0 unspecified atom stereocenters. The van der Waals surface area contributed by atoms with Crippen LogP contribution in [0.2, 0.25) is 0 Å². The maximum Gasteiger partial charge on any atom is 0.273 e. The van der Waals surface area contributed by atoms with Crippen LogP contribution in [0, 0.1) is 6.92 Å². The van der Waals surface area contributed by atoms with E-state index in [4.69, 9.17) is 4.42 Å². The lowest BCUT2D eigenvalue weighted by atomic mass is 10.2. The standard InChI is InChI=1S/C20H21N3O2S/c1-14-18(22-20(25-14)17-5-4-12-26-17)19(24)21-13-15-6-8-16(9-7-15)23-10-2-3-11-23/h4-9,12H,2-3,10-11,13H2,1H3,(H,21,24). The van der Waals surface area contributed by atoms with Crippen LogP contribution in [0.5, 0.6) is 0 Å². The second kappa shape index (κ2) is 7.33. The Kier molecular flexibility index (Phi) is 4.75. The van der Waals surface area contributed by atoms with Crippen molar-refractivity contribution in [1.29, 1.82) is 0 Å². The lowest BCUT2D eigenvalue weighted by molar-refractivity contribution is 0.0945. The Morgan fingerprint density at radius 3 is 2.69 bits per heavy atom. The molecule has 5 nitrogen and oxygen atoms in total. The van der Waals surface area contributed by atoms with Crippen LogP contribution in [-0.2, 0) is 6.54 Å². The van der Waals surface area contributed by atoms with E-state index in [0.717, 1.165) is 23.5 Å². The molecule has 1 aromatic carbocycles. The minimum Gasteiger partial charge on any atom is -0.440 e. The third-order valence-corrected chi connectivity index (χ3v) is 5.46. The molecule has 4 rings (SSSR count). The lowest BCUT2D eigenvalue weighted by Crippen LogP contribution is -2.24. The number of hydrogen-bond donors (Lipinski definition) is 1. The number of nitrogens with zero attached hydrogens (tertiary/aromatic N) is 2. The molecule has 1 N–H and O–H groups in total. The lowest BCUT2D eigenvalue weighted by Gasteiger charge is -2.17. The van der Waals surface area contributed by atoms with E-state index < -0.39 is 0 Å². The summed E-state index contributed by atoms with van der Waals surface area (Å²) in [7, 11) is 0. The molecular formula is C20H21N3O2S. The SMILES string of the molecule is Cc1oc(-c2cccs2)nc1C(=O)NCc1ccc(N2CCCC2)cc1. The largest absolute Gasteiger partial charge is 0.440 e. The molecule has 2 aromatic heterocycles. The first kappa shape index (κ1) is 16.8. The summed E-state index contributed by atoms with van der Waals surface area (Å²) in [5.74, 6) is 0.825. The Bertz CT molecular complexity index is 878. The molecule has 1 aliphatic rings. The highest BCUT2D eigenvalue weighted by molar-refractivity contribution is 7.13. The zero-order valence-corrected chi connectivity index (χ0v) is 15.5. The predicted molar refractivity (Wildman–Crippen MR) is 104 cm³/mol. The molecule has 1 amide bonds. The van der Waals surface area contributed by atoms with Gasteiger partial charge in [0.25, 0.3) is 5.91 Å². The van der Waals surface area contributed by atoms with Crippen molar-refractivity contribution >= 4 is 22.9 Å². The molecule has 3 aromatic rings. The van der Waals surface area contributed by atoms with Crippen LogP contribution >= 0.6 is 11.3 Å². The van der Waals surface area contributed by atoms with Gasteiger partial charge in [-0.1, -0.05) is 18.2 Å². The Morgan fingerprint density at radius 1 is 1.23 bits per heavy atom. The molecule has 0 spiro atoms. The second-order valence-corrected chi connectivity index (χ2v) is 7.39. The van der Waals surface area contributed by atoms with Crippen LogP contribution in [0.1, 0.15) is 34.7 Å². The molecule has 0 saturated carbocycles. The van der Waals surface area contributed by atoms with Crippen molar-refractivity contribution in [1.82, 2.24) is 10.3 Å². The van der Waals surface area contributed by atoms with Crippen LogP contribution in [0.15, 0.2) is 46.2 Å². The van der Waals surface area contributed by atoms with Gasteiger partial charge in [-0.05, 0) is 48.9 Å². The number of benzene rings is 1. The first-order valence-electron chi connectivity index (χ1n) is 8.84. The molecule has 1 fully saturated rings. The summed E-state index contributed by atoms with van der Waals surface area (Å²) in [5.41, 5.74) is 2.67. The first-order valence-corrected chi connectivity index (χ1v) is 9.72. The topological polar surface area (TPSA) is 58.4 Å². The predicted octanol–water partition coefficient (Wildman–Crippen LogP) is 4.24. The summed E-state index contributed by atoms with van der Waals surface area (Å²) in [6.45, 7) is 4.51. The second-order valence-electron chi connectivity index (χ2n) is 6.44. The molecule has 26 heavy (non-hydrogen) atoms. The smallest absolute Gasteiger partial charge is 0.273 e. The van der Waals surface area contributed by atoms with Crippen molar-refractivity contribution in [2.75, 3.05) is 18.0 Å². The number of oxazole rings is 1. The van der Waals surface area contributed by atoms with E-state index in [1.165, 1.54) is 29.9 Å². The fraction of sp³-hybridized carbons (Fsp3) is 0.300. The van der Waals surface area contributed by atoms with Crippen molar-refractivity contribution in [3.63, 3.8) is 0 Å². The minimum atomic E-state index is -0.210. The monoisotopic (exact) mass is 367 g/mol. The molecule has 0 atom stereocenters. The summed E-state index contributed by atoms with van der Waals surface area (Å²) in [5, 5.41) is 4.89. The number of carbonyl (C=O) groups is 1. The van der Waals surface area contributed by atoms with E-state index in [0.29, 0.717) is 23.9 Å². The molecule has 134 valence electrons. The molecule has 1 saturated heterocycles. The maximum absolute atomic E-state index is 12.5. The molecule has 6 heteroatoms. The van der Waals surface area contributed by atoms with Crippen molar-refractivity contribution in [2.45, 2.75) is 26.3 Å². The zero-order valence-electron chi connectivity index (χ0n) is 14.7. The third kappa shape index (κ3) is 3.51. The van der Waals surface area contributed by atoms with Gasteiger partial charge in [0.15, 0.2) is 5.69 Å². The number of amides is 1. The zero-order chi connectivity index (χ0) is 17.9. The number of thiophene rings is 1. The first-order chi connectivity index (χ1) is 12.7. The van der Waals surface area contributed by atoms with Gasteiger partial charge in [-0.15, -0.1) is 11.3 Å². The number of hydrogen-bond acceptors (Lipinski definition) is 5. The minimum absolute atomic E-state index is 0.210. The van der Waals surface area contributed by atoms with Crippen LogP contribution < -0.4 is 10.2 Å². The van der Waals surface area contributed by atoms with E-state index in [-0.39, 0.29) is 5.91 Å². The van der Waals surface area contributed by atoms with Crippen LogP contribution in [0.3, 0.4) is 0 Å². The van der Waals surface area contributed by atoms with Gasteiger partial charge in [0.1, 0.15) is 5.76 Å². The van der Waals surface area contributed by atoms with Crippen LogP contribution in [0.25, 0.3) is 10.8 Å². The molecule has 0 radical (unpaired) electrons. The van der Waals surface area contributed by atoms with Crippen LogP contribution in [0.4, 0.5) is 5.69 Å². The Hall–Kier alpha value is -2.60. The van der Waals surface area contributed by atoms with Gasteiger partial charge in [-0.3, -0.25) is 4.79 Å². The normalized spacial score (nSPS) is 14.0. The number of anilines is 1. The summed E-state index contributed by atoms with van der Waals surface area (Å²) in [6.07, 6.45) is 2.53. The highest BCUT2D eigenvalue weighted by Crippen LogP contribution is 2.26. The Morgan fingerprint density at radius 2 is 2.00 bits per heavy atom. The van der Waals surface area contributed by atoms with Gasteiger partial charge in [0.2, 0.25) is 5.89 Å². The Labute approximate surface area is 156 Å². The number of aromatic nitrogens is 1. The number of rotatable bonds is 5. The molecule has 1 aliphatic heterocycles. The van der Waals surface area contributed by atoms with Crippen molar-refractivity contribution in [3.8, 4) is 10.8 Å². The molecular weight excluding hydrogens is 346 g/mol. The maximum atomic E-state index is 12.5. The average molecular weight is 367 g/mol. The van der Waals surface area contributed by atoms with Crippen molar-refractivity contribution in [3.05, 3.63) is 58.8 Å². The van der Waals surface area contributed by atoms with E-state index in [1.807, 2.05) is 17.5 Å². The van der Waals surface area contributed by atoms with E-state index in [9.17, 15) is 4.79 Å². The van der Waals surface area contributed by atoms with Gasteiger partial charge in [-0.25, -0.2) is 4.98 Å². The van der Waals surface area contributed by atoms with Gasteiger partial charge < -0.3 is 14.6 Å². The quantitative estimate of drug-likeness (QED) is 0.733. The van der Waals surface area contributed by atoms with Crippen LogP contribution in [-0.4, -0.2) is 24.0 Å². The van der Waals surface area contributed by atoms with E-state index in [1.54, 1.807) is 6.92 Å². The fourth-order valence-electron chi connectivity index (χ4n) is 3.18. The van der Waals surface area contributed by atoms with Gasteiger partial charge >= 0.3 is 0 Å². The van der Waals surface area contributed by atoms with E-state index in [2.05, 4.69) is 39.5 Å². The summed E-state index contributed by atoms with van der Waals surface area (Å²) in [4.78, 5) is 20.1. The average Bonchev–Trinajstić information content (AvgIpc) is 3.41.